The van der Waals surface area contributed by atoms with E-state index < -0.39 is 4.87 Å². The van der Waals surface area contributed by atoms with Gasteiger partial charge in [0.2, 0.25) is 5.91 Å². The average Bonchev–Trinajstić information content (AvgIpc) is 3.51. The number of hydrogen-bond donors (Lipinski definition) is 0. The third-order valence-corrected chi connectivity index (χ3v) is 8.18. The van der Waals surface area contributed by atoms with Crippen LogP contribution in [0.3, 0.4) is 0 Å². The number of nitrogens with zero attached hydrogens (tertiary/aromatic N) is 3. The first kappa shape index (κ1) is 20.4. The van der Waals surface area contributed by atoms with Crippen LogP contribution in [0.1, 0.15) is 42.4 Å². The van der Waals surface area contributed by atoms with Crippen LogP contribution in [0.2, 0.25) is 5.02 Å². The lowest BCUT2D eigenvalue weighted by Crippen LogP contribution is -2.51. The van der Waals surface area contributed by atoms with Crippen LogP contribution < -0.4 is 4.90 Å². The molecule has 3 aliphatic rings. The smallest absolute Gasteiger partial charge is 0.268 e. The monoisotopic (exact) mass is 451 g/mol. The Balaban J connectivity index is 1.57. The van der Waals surface area contributed by atoms with Crippen molar-refractivity contribution in [3.63, 3.8) is 0 Å². The number of anilines is 1. The number of hydrogen-bond acceptors (Lipinski definition) is 4. The normalized spacial score (nSPS) is 22.9. The molecule has 158 valence electrons. The Bertz CT molecular complexity index is 1110. The van der Waals surface area contributed by atoms with E-state index in [9.17, 15) is 14.9 Å². The Morgan fingerprint density at radius 2 is 2.03 bits per heavy atom. The molecule has 31 heavy (non-hydrogen) atoms. The van der Waals surface area contributed by atoms with E-state index in [4.69, 9.17) is 11.6 Å². The van der Waals surface area contributed by atoms with E-state index in [0.717, 1.165) is 42.5 Å². The van der Waals surface area contributed by atoms with Crippen LogP contribution >= 0.6 is 23.4 Å². The summed E-state index contributed by atoms with van der Waals surface area (Å²) < 4.78 is 0. The number of carbonyl (C=O) groups is 2. The van der Waals surface area contributed by atoms with Crippen LogP contribution in [-0.2, 0) is 21.0 Å². The number of thioether (sulfide) groups is 1. The number of rotatable bonds is 3. The van der Waals surface area contributed by atoms with E-state index in [0.29, 0.717) is 29.4 Å². The number of amides is 2. The lowest BCUT2D eigenvalue weighted by atomic mass is 10.0. The molecule has 1 saturated heterocycles. The maximum Gasteiger partial charge on any atom is 0.268 e. The van der Waals surface area contributed by atoms with Crippen LogP contribution in [0, 0.1) is 17.2 Å². The van der Waals surface area contributed by atoms with E-state index in [2.05, 4.69) is 6.07 Å². The fourth-order valence-corrected chi connectivity index (χ4v) is 6.71. The van der Waals surface area contributed by atoms with Crippen LogP contribution in [0.5, 0.6) is 0 Å². The highest BCUT2D eigenvalue weighted by Crippen LogP contribution is 2.55. The molecule has 7 heteroatoms. The molecule has 2 aromatic rings. The zero-order valence-electron chi connectivity index (χ0n) is 17.0. The molecule has 0 N–H and O–H groups in total. The number of fused-ring (bicyclic) bond motifs is 2. The fourth-order valence-electron chi connectivity index (χ4n) is 5.08. The van der Waals surface area contributed by atoms with E-state index in [1.165, 1.54) is 11.8 Å². The molecule has 2 amide bonds. The molecule has 0 aromatic heterocycles. The van der Waals surface area contributed by atoms with Crippen molar-refractivity contribution in [2.45, 2.75) is 37.1 Å². The van der Waals surface area contributed by atoms with Crippen molar-refractivity contribution in [3.05, 3.63) is 64.2 Å². The highest BCUT2D eigenvalue weighted by atomic mass is 35.5. The van der Waals surface area contributed by atoms with Gasteiger partial charge in [-0.3, -0.25) is 9.59 Å². The predicted molar refractivity (Wildman–Crippen MR) is 122 cm³/mol. The van der Waals surface area contributed by atoms with Gasteiger partial charge in [0.05, 0.1) is 23.9 Å². The largest absolute Gasteiger partial charge is 0.315 e. The lowest BCUT2D eigenvalue weighted by Gasteiger charge is -2.35. The molecule has 1 aliphatic carbocycles. The van der Waals surface area contributed by atoms with Gasteiger partial charge in [-0.2, -0.15) is 5.26 Å². The van der Waals surface area contributed by atoms with Gasteiger partial charge in [0.1, 0.15) is 0 Å². The quantitative estimate of drug-likeness (QED) is 0.679. The number of nitriles is 1. The molecule has 1 spiro atoms. The summed E-state index contributed by atoms with van der Waals surface area (Å²) in [5, 5.41) is 9.79. The Kier molecular flexibility index (Phi) is 5.19. The van der Waals surface area contributed by atoms with Gasteiger partial charge < -0.3 is 9.80 Å². The summed E-state index contributed by atoms with van der Waals surface area (Å²) in [7, 11) is 0. The van der Waals surface area contributed by atoms with Gasteiger partial charge in [0.25, 0.3) is 5.91 Å². The van der Waals surface area contributed by atoms with Crippen molar-refractivity contribution in [2.75, 3.05) is 17.2 Å². The Morgan fingerprint density at radius 3 is 2.81 bits per heavy atom. The Labute approximate surface area is 191 Å². The molecular weight excluding hydrogens is 430 g/mol. The second-order valence-corrected chi connectivity index (χ2v) is 10.1. The molecule has 0 unspecified atom stereocenters. The van der Waals surface area contributed by atoms with E-state index in [1.54, 1.807) is 23.1 Å². The van der Waals surface area contributed by atoms with Crippen molar-refractivity contribution >= 4 is 40.9 Å². The summed E-state index contributed by atoms with van der Waals surface area (Å²) in [6.07, 6.45) is 3.94. The molecule has 2 fully saturated rings. The molecular formula is C24H22ClN3O2S. The van der Waals surface area contributed by atoms with Crippen LogP contribution in [0.25, 0.3) is 0 Å². The minimum atomic E-state index is -1.05. The van der Waals surface area contributed by atoms with Crippen molar-refractivity contribution < 1.29 is 9.59 Å². The molecule has 0 bridgehead atoms. The first-order chi connectivity index (χ1) is 15.0. The lowest BCUT2D eigenvalue weighted by molar-refractivity contribution is -0.143. The minimum Gasteiger partial charge on any atom is -0.315 e. The first-order valence-electron chi connectivity index (χ1n) is 10.6. The van der Waals surface area contributed by atoms with Crippen LogP contribution in [0.15, 0.2) is 42.5 Å². The molecule has 5 nitrogen and oxygen atoms in total. The Morgan fingerprint density at radius 1 is 1.23 bits per heavy atom. The van der Waals surface area contributed by atoms with E-state index in [-0.39, 0.29) is 17.7 Å². The van der Waals surface area contributed by atoms with E-state index in [1.807, 2.05) is 29.2 Å². The molecule has 2 aliphatic heterocycles. The van der Waals surface area contributed by atoms with Gasteiger partial charge in [0, 0.05) is 28.8 Å². The summed E-state index contributed by atoms with van der Waals surface area (Å²) in [4.78, 5) is 30.0. The van der Waals surface area contributed by atoms with Gasteiger partial charge in [0.15, 0.2) is 4.87 Å². The second-order valence-electron chi connectivity index (χ2n) is 8.33. The molecule has 2 heterocycles. The topological polar surface area (TPSA) is 64.4 Å². The number of carbonyl (C=O) groups excluding carboxylic acids is 2. The summed E-state index contributed by atoms with van der Waals surface area (Å²) >= 11 is 7.89. The third kappa shape index (κ3) is 3.22. The summed E-state index contributed by atoms with van der Waals surface area (Å²) in [6, 6.07) is 14.9. The first-order valence-corrected chi connectivity index (χ1v) is 12.0. The fraction of sp³-hybridized carbons (Fsp3) is 0.375. The van der Waals surface area contributed by atoms with Crippen molar-refractivity contribution in [2.24, 2.45) is 5.92 Å². The SMILES string of the molecule is N#Cc1cccc(CN2C(=O)[C@@]3(SCCN3C(=O)C3CCCC3)c3cc(Cl)ccc32)c1. The average molecular weight is 452 g/mol. The van der Waals surface area contributed by atoms with Crippen molar-refractivity contribution in [1.29, 1.82) is 5.26 Å². The zero-order chi connectivity index (χ0) is 21.6. The molecule has 1 atom stereocenters. The predicted octanol–water partition coefficient (Wildman–Crippen LogP) is 4.68. The molecule has 5 rings (SSSR count). The number of benzene rings is 2. The zero-order valence-corrected chi connectivity index (χ0v) is 18.6. The number of halogens is 1. The maximum atomic E-state index is 14.0. The highest BCUT2D eigenvalue weighted by Gasteiger charge is 2.60. The van der Waals surface area contributed by atoms with Gasteiger partial charge >= 0.3 is 0 Å². The Hall–Kier alpha value is -2.49. The van der Waals surface area contributed by atoms with Gasteiger partial charge in [-0.15, -0.1) is 11.8 Å². The summed E-state index contributed by atoms with van der Waals surface area (Å²) in [5.41, 5.74) is 3.02. The molecule has 0 radical (unpaired) electrons. The third-order valence-electron chi connectivity index (χ3n) is 6.52. The van der Waals surface area contributed by atoms with Gasteiger partial charge in [-0.05, 0) is 48.7 Å². The second kappa shape index (κ2) is 7.89. The highest BCUT2D eigenvalue weighted by molar-refractivity contribution is 8.01. The molecule has 1 saturated carbocycles. The van der Waals surface area contributed by atoms with E-state index >= 15 is 0 Å². The van der Waals surface area contributed by atoms with Crippen LogP contribution in [-0.4, -0.2) is 29.0 Å². The van der Waals surface area contributed by atoms with Crippen molar-refractivity contribution in [1.82, 2.24) is 4.90 Å². The standard InChI is InChI=1S/C24H22ClN3O2S/c25-19-8-9-21-20(13-19)24(28(10-11-31-24)22(29)18-6-1-2-7-18)23(30)27(21)15-17-5-3-4-16(12-17)14-26/h3-5,8-9,12-13,18H,1-2,6-7,10-11,15H2/t24-/m0/s1. The maximum absolute atomic E-state index is 14.0. The van der Waals surface area contributed by atoms with Gasteiger partial charge in [-0.25, -0.2) is 0 Å². The summed E-state index contributed by atoms with van der Waals surface area (Å²) in [5.74, 6) is 0.719. The minimum absolute atomic E-state index is 0.00682. The summed E-state index contributed by atoms with van der Waals surface area (Å²) in [6.45, 7) is 0.909. The molecule has 2 aromatic carbocycles. The van der Waals surface area contributed by atoms with Gasteiger partial charge in [-0.1, -0.05) is 36.6 Å². The van der Waals surface area contributed by atoms with Crippen LogP contribution in [0.4, 0.5) is 5.69 Å². The van der Waals surface area contributed by atoms with Crippen molar-refractivity contribution in [3.8, 4) is 6.07 Å².